The maximum absolute atomic E-state index is 5.85. The van der Waals surface area contributed by atoms with Gasteiger partial charge in [0, 0.05) is 23.9 Å². The normalized spacial score (nSPS) is 10.5. The second kappa shape index (κ2) is 9.98. The lowest BCUT2D eigenvalue weighted by molar-refractivity contribution is 0.308. The lowest BCUT2D eigenvalue weighted by atomic mass is 10.2. The minimum Gasteiger partial charge on any atom is -0.493 e. The molecule has 4 heteroatoms. The summed E-state index contributed by atoms with van der Waals surface area (Å²) in [5, 5.41) is 3.33. The molecular weight excluding hydrogens is 258 g/mol. The molecule has 108 valence electrons. The van der Waals surface area contributed by atoms with Crippen LogP contribution in [0.3, 0.4) is 0 Å². The maximum atomic E-state index is 5.85. The van der Waals surface area contributed by atoms with Crippen LogP contribution in [0.4, 0.5) is 0 Å². The van der Waals surface area contributed by atoms with Gasteiger partial charge in [-0.05, 0) is 25.3 Å². The maximum Gasteiger partial charge on any atom is 0.127 e. The van der Waals surface area contributed by atoms with Crippen molar-refractivity contribution in [3.63, 3.8) is 0 Å². The van der Waals surface area contributed by atoms with Gasteiger partial charge in [-0.2, -0.15) is 11.8 Å². The van der Waals surface area contributed by atoms with Gasteiger partial charge in [0.25, 0.3) is 0 Å². The molecular formula is C15H25NO2S. The molecule has 0 fully saturated rings. The van der Waals surface area contributed by atoms with Gasteiger partial charge in [-0.15, -0.1) is 0 Å². The van der Waals surface area contributed by atoms with E-state index in [0.717, 1.165) is 50.0 Å². The molecule has 19 heavy (non-hydrogen) atoms. The number of rotatable bonds is 10. The van der Waals surface area contributed by atoms with E-state index in [1.807, 2.05) is 12.1 Å². The number of hydrogen-bond acceptors (Lipinski definition) is 4. The molecule has 0 spiro atoms. The Hall–Kier alpha value is -0.870. The Bertz CT molecular complexity index is 358. The third kappa shape index (κ3) is 6.21. The van der Waals surface area contributed by atoms with Gasteiger partial charge in [0.05, 0.1) is 13.2 Å². The molecule has 3 nitrogen and oxygen atoms in total. The average molecular weight is 283 g/mol. The van der Waals surface area contributed by atoms with E-state index in [-0.39, 0.29) is 0 Å². The van der Waals surface area contributed by atoms with Gasteiger partial charge in [-0.1, -0.05) is 19.9 Å². The molecule has 0 atom stereocenters. The quantitative estimate of drug-likeness (QED) is 0.667. The van der Waals surface area contributed by atoms with Crippen LogP contribution >= 0.6 is 11.8 Å². The summed E-state index contributed by atoms with van der Waals surface area (Å²) in [4.78, 5) is 0. The van der Waals surface area contributed by atoms with Gasteiger partial charge in [0.15, 0.2) is 0 Å². The summed E-state index contributed by atoms with van der Waals surface area (Å²) in [5.74, 6) is 2.82. The number of hydrogen-bond donors (Lipinski definition) is 1. The molecule has 1 aromatic rings. The standard InChI is InChI=1S/C15H25NO2S/c1-4-8-17-14-7-6-13(12-16-5-2)15(11-14)18-9-10-19-3/h6-7,11,16H,4-5,8-10,12H2,1-3H3. The fourth-order valence-corrected chi connectivity index (χ4v) is 1.87. The van der Waals surface area contributed by atoms with Crippen LogP contribution in [-0.2, 0) is 6.54 Å². The predicted octanol–water partition coefficient (Wildman–Crippen LogP) is 3.33. The van der Waals surface area contributed by atoms with Crippen LogP contribution in [0, 0.1) is 0 Å². The molecule has 1 N–H and O–H groups in total. The molecule has 0 saturated carbocycles. The first-order valence-electron chi connectivity index (χ1n) is 6.90. The molecule has 0 heterocycles. The van der Waals surface area contributed by atoms with E-state index < -0.39 is 0 Å². The Morgan fingerprint density at radius 1 is 1.16 bits per heavy atom. The summed E-state index contributed by atoms with van der Waals surface area (Å²) >= 11 is 1.79. The minimum absolute atomic E-state index is 0.734. The van der Waals surface area contributed by atoms with Crippen molar-refractivity contribution in [1.82, 2.24) is 5.32 Å². The van der Waals surface area contributed by atoms with Crippen LogP contribution < -0.4 is 14.8 Å². The molecule has 0 radical (unpaired) electrons. The Morgan fingerprint density at radius 3 is 2.68 bits per heavy atom. The van der Waals surface area contributed by atoms with E-state index in [4.69, 9.17) is 9.47 Å². The minimum atomic E-state index is 0.734. The first-order valence-corrected chi connectivity index (χ1v) is 8.29. The number of nitrogens with one attached hydrogen (secondary N) is 1. The van der Waals surface area contributed by atoms with Crippen molar-refractivity contribution >= 4 is 11.8 Å². The summed E-state index contributed by atoms with van der Waals surface area (Å²) in [7, 11) is 0. The van der Waals surface area contributed by atoms with Crippen molar-refractivity contribution in [2.45, 2.75) is 26.8 Å². The molecule has 0 aromatic heterocycles. The number of ether oxygens (including phenoxy) is 2. The summed E-state index contributed by atoms with van der Waals surface area (Å²) < 4.78 is 11.5. The largest absolute Gasteiger partial charge is 0.493 e. The second-order valence-corrected chi connectivity index (χ2v) is 5.23. The molecule has 0 saturated heterocycles. The van der Waals surface area contributed by atoms with E-state index in [1.54, 1.807) is 11.8 Å². The zero-order chi connectivity index (χ0) is 13.9. The summed E-state index contributed by atoms with van der Waals surface area (Å²) in [6.45, 7) is 7.48. The summed E-state index contributed by atoms with van der Waals surface area (Å²) in [5.41, 5.74) is 1.19. The van der Waals surface area contributed by atoms with Gasteiger partial charge in [0.1, 0.15) is 11.5 Å². The SMILES string of the molecule is CCCOc1ccc(CNCC)c(OCCSC)c1. The molecule has 0 bridgehead atoms. The number of benzene rings is 1. The Morgan fingerprint density at radius 2 is 2.00 bits per heavy atom. The van der Waals surface area contributed by atoms with Crippen LogP contribution in [0.15, 0.2) is 18.2 Å². The summed E-state index contributed by atoms with van der Waals surface area (Å²) in [6.07, 6.45) is 3.10. The third-order valence-electron chi connectivity index (χ3n) is 2.62. The van der Waals surface area contributed by atoms with Gasteiger partial charge >= 0.3 is 0 Å². The number of thioether (sulfide) groups is 1. The highest BCUT2D eigenvalue weighted by molar-refractivity contribution is 7.98. The molecule has 0 amide bonds. The Labute approximate surface area is 121 Å². The van der Waals surface area contributed by atoms with Crippen molar-refractivity contribution in [3.05, 3.63) is 23.8 Å². The van der Waals surface area contributed by atoms with Crippen LogP contribution in [0.5, 0.6) is 11.5 Å². The topological polar surface area (TPSA) is 30.5 Å². The van der Waals surface area contributed by atoms with E-state index in [1.165, 1.54) is 5.56 Å². The van der Waals surface area contributed by atoms with Crippen molar-refractivity contribution in [2.24, 2.45) is 0 Å². The average Bonchev–Trinajstić information content (AvgIpc) is 2.44. The van der Waals surface area contributed by atoms with Crippen molar-refractivity contribution in [1.29, 1.82) is 0 Å². The fourth-order valence-electron chi connectivity index (χ4n) is 1.62. The van der Waals surface area contributed by atoms with Gasteiger partial charge in [-0.3, -0.25) is 0 Å². The zero-order valence-electron chi connectivity index (χ0n) is 12.2. The molecule has 0 unspecified atom stereocenters. The lowest BCUT2D eigenvalue weighted by Gasteiger charge is -2.14. The highest BCUT2D eigenvalue weighted by Gasteiger charge is 2.06. The molecule has 1 rings (SSSR count). The first-order chi connectivity index (χ1) is 9.31. The highest BCUT2D eigenvalue weighted by Crippen LogP contribution is 2.25. The monoisotopic (exact) mass is 283 g/mol. The lowest BCUT2D eigenvalue weighted by Crippen LogP contribution is -2.13. The smallest absolute Gasteiger partial charge is 0.127 e. The van der Waals surface area contributed by atoms with Crippen molar-refractivity contribution < 1.29 is 9.47 Å². The van der Waals surface area contributed by atoms with E-state index in [9.17, 15) is 0 Å². The van der Waals surface area contributed by atoms with E-state index in [0.29, 0.717) is 0 Å². The van der Waals surface area contributed by atoms with Crippen LogP contribution in [0.2, 0.25) is 0 Å². The Kier molecular flexibility index (Phi) is 8.50. The van der Waals surface area contributed by atoms with Crippen molar-refractivity contribution in [3.8, 4) is 11.5 Å². The molecule has 0 aliphatic heterocycles. The van der Waals surface area contributed by atoms with Gasteiger partial charge < -0.3 is 14.8 Å². The van der Waals surface area contributed by atoms with E-state index in [2.05, 4.69) is 31.5 Å². The second-order valence-electron chi connectivity index (χ2n) is 4.24. The van der Waals surface area contributed by atoms with E-state index >= 15 is 0 Å². The van der Waals surface area contributed by atoms with Crippen LogP contribution in [0.1, 0.15) is 25.8 Å². The zero-order valence-corrected chi connectivity index (χ0v) is 13.0. The fraction of sp³-hybridized carbons (Fsp3) is 0.600. The molecule has 0 aliphatic rings. The third-order valence-corrected chi connectivity index (χ3v) is 3.20. The summed E-state index contributed by atoms with van der Waals surface area (Å²) in [6, 6.07) is 6.11. The van der Waals surface area contributed by atoms with Gasteiger partial charge in [0.2, 0.25) is 0 Å². The highest BCUT2D eigenvalue weighted by atomic mass is 32.2. The first kappa shape index (κ1) is 16.2. The molecule has 1 aromatic carbocycles. The van der Waals surface area contributed by atoms with Crippen LogP contribution in [-0.4, -0.2) is 31.8 Å². The van der Waals surface area contributed by atoms with Crippen LogP contribution in [0.25, 0.3) is 0 Å². The van der Waals surface area contributed by atoms with Crippen molar-refractivity contribution in [2.75, 3.05) is 31.8 Å². The van der Waals surface area contributed by atoms with Gasteiger partial charge in [-0.25, -0.2) is 0 Å². The molecule has 0 aliphatic carbocycles. The Balaban J connectivity index is 2.71. The predicted molar refractivity (Wildman–Crippen MR) is 83.5 cm³/mol.